The molecule has 26 heavy (non-hydrogen) atoms. The van der Waals surface area contributed by atoms with Crippen LogP contribution < -0.4 is 5.32 Å². The molecule has 2 amide bonds. The summed E-state index contributed by atoms with van der Waals surface area (Å²) in [6.07, 6.45) is 0.262. The monoisotopic (exact) mass is 360 g/mol. The number of esters is 1. The number of piperidine rings is 1. The Hall–Kier alpha value is -2.37. The standard InChI is InChI=1S/C20H28N2O4/c1-14(17(23)21-16-8-6-5-7-9-16)26-18(24)15-10-12-22(13-11-15)19(25)20(2,3)4/h5-9,14-15H,10-13H2,1-4H3,(H,21,23)/t14-/m1/s1. The Kier molecular flexibility index (Phi) is 6.40. The molecule has 1 atom stereocenters. The number of benzene rings is 1. The van der Waals surface area contributed by atoms with Crippen molar-refractivity contribution in [3.05, 3.63) is 30.3 Å². The number of nitrogens with one attached hydrogen (secondary N) is 1. The Morgan fingerprint density at radius 2 is 1.69 bits per heavy atom. The summed E-state index contributed by atoms with van der Waals surface area (Å²) in [6, 6.07) is 9.04. The van der Waals surface area contributed by atoms with Crippen molar-refractivity contribution in [2.24, 2.45) is 11.3 Å². The first kappa shape index (κ1) is 19.9. The van der Waals surface area contributed by atoms with Crippen molar-refractivity contribution in [2.75, 3.05) is 18.4 Å². The van der Waals surface area contributed by atoms with E-state index in [0.717, 1.165) is 0 Å². The Labute approximate surface area is 154 Å². The van der Waals surface area contributed by atoms with E-state index in [0.29, 0.717) is 31.6 Å². The highest BCUT2D eigenvalue weighted by Gasteiger charge is 2.33. The van der Waals surface area contributed by atoms with Gasteiger partial charge in [0, 0.05) is 24.2 Å². The average Bonchev–Trinajstić information content (AvgIpc) is 2.61. The predicted octanol–water partition coefficient (Wildman–Crippen LogP) is 2.84. The van der Waals surface area contributed by atoms with Crippen molar-refractivity contribution in [3.8, 4) is 0 Å². The molecule has 1 saturated heterocycles. The quantitative estimate of drug-likeness (QED) is 0.838. The summed E-state index contributed by atoms with van der Waals surface area (Å²) in [5.74, 6) is -0.903. The summed E-state index contributed by atoms with van der Waals surface area (Å²) in [6.45, 7) is 8.32. The van der Waals surface area contributed by atoms with Crippen LogP contribution in [0.5, 0.6) is 0 Å². The van der Waals surface area contributed by atoms with Gasteiger partial charge in [-0.2, -0.15) is 0 Å². The number of para-hydroxylation sites is 1. The maximum absolute atomic E-state index is 12.3. The van der Waals surface area contributed by atoms with Crippen LogP contribution in [0.3, 0.4) is 0 Å². The van der Waals surface area contributed by atoms with Crippen LogP contribution in [0, 0.1) is 11.3 Å². The third kappa shape index (κ3) is 5.31. The molecule has 0 bridgehead atoms. The van der Waals surface area contributed by atoms with Gasteiger partial charge in [0.15, 0.2) is 6.10 Å². The van der Waals surface area contributed by atoms with E-state index in [9.17, 15) is 14.4 Å². The summed E-state index contributed by atoms with van der Waals surface area (Å²) in [5.41, 5.74) is 0.242. The van der Waals surface area contributed by atoms with Crippen LogP contribution in [-0.4, -0.2) is 41.9 Å². The normalized spacial score (nSPS) is 16.7. The molecule has 0 radical (unpaired) electrons. The number of rotatable bonds is 4. The summed E-state index contributed by atoms with van der Waals surface area (Å²) in [5, 5.41) is 2.72. The second-order valence-corrected chi connectivity index (χ2v) is 7.75. The third-order valence-corrected chi connectivity index (χ3v) is 4.46. The van der Waals surface area contributed by atoms with Gasteiger partial charge in [0.1, 0.15) is 0 Å². The maximum Gasteiger partial charge on any atom is 0.309 e. The van der Waals surface area contributed by atoms with E-state index in [1.54, 1.807) is 24.0 Å². The molecule has 6 heteroatoms. The van der Waals surface area contributed by atoms with E-state index >= 15 is 0 Å². The summed E-state index contributed by atoms with van der Waals surface area (Å²) >= 11 is 0. The number of anilines is 1. The van der Waals surface area contributed by atoms with E-state index in [-0.39, 0.29) is 23.7 Å². The van der Waals surface area contributed by atoms with Crippen molar-refractivity contribution in [1.29, 1.82) is 0 Å². The van der Waals surface area contributed by atoms with E-state index in [4.69, 9.17) is 4.74 Å². The van der Waals surface area contributed by atoms with Crippen molar-refractivity contribution in [1.82, 2.24) is 4.90 Å². The van der Waals surface area contributed by atoms with Gasteiger partial charge in [0.25, 0.3) is 5.91 Å². The van der Waals surface area contributed by atoms with E-state index in [1.165, 1.54) is 0 Å². The van der Waals surface area contributed by atoms with Crippen molar-refractivity contribution in [3.63, 3.8) is 0 Å². The first-order valence-corrected chi connectivity index (χ1v) is 9.04. The van der Waals surface area contributed by atoms with Gasteiger partial charge in [-0.3, -0.25) is 14.4 Å². The lowest BCUT2D eigenvalue weighted by atomic mass is 9.91. The molecule has 0 unspecified atom stereocenters. The summed E-state index contributed by atoms with van der Waals surface area (Å²) in [7, 11) is 0. The molecule has 6 nitrogen and oxygen atoms in total. The lowest BCUT2D eigenvalue weighted by Crippen LogP contribution is -2.45. The SMILES string of the molecule is C[C@@H](OC(=O)C1CCN(C(=O)C(C)(C)C)CC1)C(=O)Nc1ccccc1. The Bertz CT molecular complexity index is 644. The number of hydrogen-bond donors (Lipinski definition) is 1. The Morgan fingerprint density at radius 3 is 2.23 bits per heavy atom. The lowest BCUT2D eigenvalue weighted by molar-refractivity contribution is -0.160. The fraction of sp³-hybridized carbons (Fsp3) is 0.550. The highest BCUT2D eigenvalue weighted by atomic mass is 16.5. The van der Waals surface area contributed by atoms with Crippen LogP contribution in [-0.2, 0) is 19.1 Å². The van der Waals surface area contributed by atoms with Gasteiger partial charge in [-0.1, -0.05) is 39.0 Å². The van der Waals surface area contributed by atoms with Crippen LogP contribution in [0.4, 0.5) is 5.69 Å². The number of carbonyl (C=O) groups is 3. The first-order valence-electron chi connectivity index (χ1n) is 9.04. The van der Waals surface area contributed by atoms with Gasteiger partial charge in [0.2, 0.25) is 5.91 Å². The third-order valence-electron chi connectivity index (χ3n) is 4.46. The highest BCUT2D eigenvalue weighted by molar-refractivity contribution is 5.95. The molecular formula is C20H28N2O4. The van der Waals surface area contributed by atoms with E-state index in [2.05, 4.69) is 5.32 Å². The second-order valence-electron chi connectivity index (χ2n) is 7.75. The fourth-order valence-electron chi connectivity index (χ4n) is 2.88. The second kappa shape index (κ2) is 8.34. The predicted molar refractivity (Wildman–Crippen MR) is 99.4 cm³/mol. The minimum atomic E-state index is -0.864. The van der Waals surface area contributed by atoms with E-state index in [1.807, 2.05) is 39.0 Å². The van der Waals surface area contributed by atoms with Gasteiger partial charge in [-0.25, -0.2) is 0 Å². The number of carbonyl (C=O) groups excluding carboxylic acids is 3. The van der Waals surface area contributed by atoms with Gasteiger partial charge in [0.05, 0.1) is 5.92 Å². The van der Waals surface area contributed by atoms with Crippen molar-refractivity contribution < 1.29 is 19.1 Å². The number of nitrogens with zero attached hydrogens (tertiary/aromatic N) is 1. The molecule has 1 aliphatic rings. The summed E-state index contributed by atoms with van der Waals surface area (Å²) in [4.78, 5) is 38.6. The molecular weight excluding hydrogens is 332 g/mol. The maximum atomic E-state index is 12.3. The number of amides is 2. The number of hydrogen-bond acceptors (Lipinski definition) is 4. The molecule has 1 fully saturated rings. The average molecular weight is 360 g/mol. The van der Waals surface area contributed by atoms with Gasteiger partial charge < -0.3 is 15.0 Å². The van der Waals surface area contributed by atoms with Crippen LogP contribution in [0.1, 0.15) is 40.5 Å². The molecule has 0 spiro atoms. The Balaban J connectivity index is 1.81. The molecule has 0 aromatic heterocycles. The van der Waals surface area contributed by atoms with Crippen LogP contribution in [0.25, 0.3) is 0 Å². The van der Waals surface area contributed by atoms with Crippen LogP contribution in [0.2, 0.25) is 0 Å². The molecule has 1 heterocycles. The van der Waals surface area contributed by atoms with E-state index < -0.39 is 11.5 Å². The molecule has 0 saturated carbocycles. The van der Waals surface area contributed by atoms with Gasteiger partial charge in [-0.15, -0.1) is 0 Å². The molecule has 1 aliphatic heterocycles. The zero-order valence-electron chi connectivity index (χ0n) is 16.0. The lowest BCUT2D eigenvalue weighted by Gasteiger charge is -2.35. The summed E-state index contributed by atoms with van der Waals surface area (Å²) < 4.78 is 5.33. The zero-order chi connectivity index (χ0) is 19.3. The van der Waals surface area contributed by atoms with Crippen LogP contribution >= 0.6 is 0 Å². The number of ether oxygens (including phenoxy) is 1. The minimum Gasteiger partial charge on any atom is -0.452 e. The highest BCUT2D eigenvalue weighted by Crippen LogP contribution is 2.24. The van der Waals surface area contributed by atoms with Gasteiger partial charge in [-0.05, 0) is 31.9 Å². The van der Waals surface area contributed by atoms with Crippen LogP contribution in [0.15, 0.2) is 30.3 Å². The molecule has 2 rings (SSSR count). The Morgan fingerprint density at radius 1 is 1.12 bits per heavy atom. The molecule has 1 N–H and O–H groups in total. The van der Waals surface area contributed by atoms with Crippen molar-refractivity contribution >= 4 is 23.5 Å². The topological polar surface area (TPSA) is 75.7 Å². The largest absolute Gasteiger partial charge is 0.452 e. The molecule has 1 aromatic rings. The van der Waals surface area contributed by atoms with Gasteiger partial charge >= 0.3 is 5.97 Å². The smallest absolute Gasteiger partial charge is 0.309 e. The fourth-order valence-corrected chi connectivity index (χ4v) is 2.88. The number of likely N-dealkylation sites (tertiary alicyclic amines) is 1. The molecule has 0 aliphatic carbocycles. The molecule has 1 aromatic carbocycles. The van der Waals surface area contributed by atoms with Crippen molar-refractivity contribution in [2.45, 2.75) is 46.6 Å². The minimum absolute atomic E-state index is 0.0972. The molecule has 142 valence electrons. The zero-order valence-corrected chi connectivity index (χ0v) is 16.0. The first-order chi connectivity index (χ1) is 12.2.